The summed E-state index contributed by atoms with van der Waals surface area (Å²) in [4.78, 5) is 15.9. The Balaban J connectivity index is 1.67. The molecule has 204 valence electrons. The van der Waals surface area contributed by atoms with Gasteiger partial charge in [0.1, 0.15) is 18.2 Å². The second-order valence-corrected chi connectivity index (χ2v) is 13.0. The monoisotopic (exact) mass is 663 g/mol. The number of ether oxygens (including phenoxy) is 1. The van der Waals surface area contributed by atoms with Crippen LogP contribution in [0.3, 0.4) is 0 Å². The highest BCUT2D eigenvalue weighted by Gasteiger charge is 2.45. The Morgan fingerprint density at radius 2 is 1.82 bits per heavy atom. The van der Waals surface area contributed by atoms with Crippen molar-refractivity contribution in [3.63, 3.8) is 0 Å². The summed E-state index contributed by atoms with van der Waals surface area (Å²) in [6.07, 6.45) is 1.08. The maximum absolute atomic E-state index is 14.0. The van der Waals surface area contributed by atoms with E-state index in [0.29, 0.717) is 47.2 Å². The Morgan fingerprint density at radius 1 is 1.12 bits per heavy atom. The number of carbonyl (C=O) groups is 1. The third-order valence-electron chi connectivity index (χ3n) is 7.70. The van der Waals surface area contributed by atoms with E-state index in [0.717, 1.165) is 37.2 Å². The number of para-hydroxylation sites is 1. The number of anilines is 1. The number of nitriles is 1. The molecule has 3 aromatic rings. The maximum atomic E-state index is 14.0. The molecule has 0 amide bonds. The van der Waals surface area contributed by atoms with Crippen LogP contribution in [0.5, 0.6) is 5.75 Å². The molecule has 0 fully saturated rings. The van der Waals surface area contributed by atoms with Crippen LogP contribution in [0.15, 0.2) is 83.3 Å². The molecule has 3 aromatic carbocycles. The first-order valence-corrected chi connectivity index (χ1v) is 14.7. The molecule has 2 aliphatic rings. The first-order valence-electron chi connectivity index (χ1n) is 13.2. The third kappa shape index (κ3) is 5.25. The van der Waals surface area contributed by atoms with Gasteiger partial charge in [-0.1, -0.05) is 55.3 Å². The zero-order chi connectivity index (χ0) is 28.8. The van der Waals surface area contributed by atoms with Gasteiger partial charge in [-0.3, -0.25) is 9.69 Å². The van der Waals surface area contributed by atoms with Crippen LogP contribution in [0.25, 0.3) is 0 Å². The minimum atomic E-state index is -0.553. The number of nitrogens with zero attached hydrogens (tertiary/aromatic N) is 2. The third-order valence-corrected chi connectivity index (χ3v) is 8.73. The minimum absolute atomic E-state index is 0.0572. The Labute approximate surface area is 254 Å². The zero-order valence-corrected chi connectivity index (χ0v) is 25.9. The molecule has 0 saturated carbocycles. The van der Waals surface area contributed by atoms with Gasteiger partial charge in [0.2, 0.25) is 0 Å². The van der Waals surface area contributed by atoms with Crippen LogP contribution >= 0.6 is 34.2 Å². The molecular formula is C33H31ClIN3O2. The number of aryl methyl sites for hydroxylation is 1. The number of hydrogen-bond acceptors (Lipinski definition) is 5. The zero-order valence-electron chi connectivity index (χ0n) is 23.0. The summed E-state index contributed by atoms with van der Waals surface area (Å²) in [5.74, 6) is 0.478. The van der Waals surface area contributed by atoms with Crippen LogP contribution in [-0.2, 0) is 11.4 Å². The summed E-state index contributed by atoms with van der Waals surface area (Å²) in [7, 11) is 0. The molecule has 0 saturated heterocycles. The summed E-state index contributed by atoms with van der Waals surface area (Å²) >= 11 is 8.59. The fourth-order valence-corrected chi connectivity index (χ4v) is 6.39. The summed E-state index contributed by atoms with van der Waals surface area (Å²) in [6.45, 7) is 8.56. The second-order valence-electron chi connectivity index (χ2n) is 11.3. The number of benzene rings is 3. The molecule has 1 atom stereocenters. The number of allylic oxidation sites excluding steroid dienone is 3. The molecular weight excluding hydrogens is 633 g/mol. The van der Waals surface area contributed by atoms with E-state index in [4.69, 9.17) is 22.1 Å². The standard InChI is InChI=1S/C33H31ClIN3O2/c1-19-13-21(18-40-29-8-6-5-7-26(29)34)20(2)24(14-19)30-25(17-36)32(37)38(23-11-9-22(35)10-12-23)27-15-33(3,4)16-28(39)31(27)30/h5-14,30H,15-16,18,37H2,1-4H3. The van der Waals surface area contributed by atoms with Gasteiger partial charge in [0.15, 0.2) is 5.78 Å². The van der Waals surface area contributed by atoms with Crippen molar-refractivity contribution in [2.24, 2.45) is 11.1 Å². The van der Waals surface area contributed by atoms with Crippen molar-refractivity contribution < 1.29 is 9.53 Å². The average molecular weight is 664 g/mol. The predicted molar refractivity (Wildman–Crippen MR) is 168 cm³/mol. The number of carbonyl (C=O) groups excluding carboxylic acids is 1. The summed E-state index contributed by atoms with van der Waals surface area (Å²) in [6, 6.07) is 21.9. The molecule has 0 aromatic heterocycles. The van der Waals surface area contributed by atoms with E-state index in [1.54, 1.807) is 6.07 Å². The van der Waals surface area contributed by atoms with Gasteiger partial charge in [-0.2, -0.15) is 5.26 Å². The molecule has 2 N–H and O–H groups in total. The smallest absolute Gasteiger partial charge is 0.162 e. The Morgan fingerprint density at radius 3 is 2.50 bits per heavy atom. The number of nitrogens with two attached hydrogens (primary N) is 1. The van der Waals surface area contributed by atoms with Crippen LogP contribution in [0.4, 0.5) is 5.69 Å². The van der Waals surface area contributed by atoms with Gasteiger partial charge in [-0.05, 0) is 101 Å². The quantitative estimate of drug-likeness (QED) is 0.279. The molecule has 1 heterocycles. The molecule has 5 rings (SSSR count). The number of hydrogen-bond donors (Lipinski definition) is 1. The maximum Gasteiger partial charge on any atom is 0.162 e. The van der Waals surface area contributed by atoms with Crippen LogP contribution in [0.2, 0.25) is 5.02 Å². The van der Waals surface area contributed by atoms with E-state index >= 15 is 0 Å². The van der Waals surface area contributed by atoms with Crippen molar-refractivity contribution >= 4 is 45.7 Å². The molecule has 0 radical (unpaired) electrons. The van der Waals surface area contributed by atoms with E-state index in [-0.39, 0.29) is 11.2 Å². The second kappa shape index (κ2) is 10.9. The Kier molecular flexibility index (Phi) is 7.73. The molecule has 0 spiro atoms. The van der Waals surface area contributed by atoms with E-state index in [2.05, 4.69) is 54.6 Å². The Bertz CT molecular complexity index is 1620. The molecule has 40 heavy (non-hydrogen) atoms. The average Bonchev–Trinajstić information content (AvgIpc) is 2.89. The number of ketones is 1. The van der Waals surface area contributed by atoms with Gasteiger partial charge in [-0.25, -0.2) is 0 Å². The topological polar surface area (TPSA) is 79.3 Å². The lowest BCUT2D eigenvalue weighted by Gasteiger charge is -2.44. The SMILES string of the molecule is Cc1cc(COc2ccccc2Cl)c(C)c(C2C(C#N)=C(N)N(c3ccc(I)cc3)C3=C2C(=O)CC(C)(C)C3)c1. The van der Waals surface area contributed by atoms with Crippen LogP contribution in [0.1, 0.15) is 54.9 Å². The highest BCUT2D eigenvalue weighted by molar-refractivity contribution is 14.1. The van der Waals surface area contributed by atoms with E-state index in [1.807, 2.05) is 61.2 Å². The molecule has 7 heteroatoms. The van der Waals surface area contributed by atoms with Crippen molar-refractivity contribution in [1.82, 2.24) is 0 Å². The van der Waals surface area contributed by atoms with Gasteiger partial charge in [0.25, 0.3) is 0 Å². The molecule has 1 unspecified atom stereocenters. The Hall–Kier alpha value is -3.28. The lowest BCUT2D eigenvalue weighted by Crippen LogP contribution is -2.42. The van der Waals surface area contributed by atoms with Crippen LogP contribution in [-0.4, -0.2) is 5.78 Å². The predicted octanol–water partition coefficient (Wildman–Crippen LogP) is 8.08. The lowest BCUT2D eigenvalue weighted by molar-refractivity contribution is -0.118. The first kappa shape index (κ1) is 28.3. The lowest BCUT2D eigenvalue weighted by atomic mass is 9.68. The normalized spacial score (nSPS) is 18.5. The largest absolute Gasteiger partial charge is 0.487 e. The highest BCUT2D eigenvalue weighted by Crippen LogP contribution is 2.51. The van der Waals surface area contributed by atoms with Crippen molar-refractivity contribution in [2.75, 3.05) is 4.90 Å². The molecule has 0 bridgehead atoms. The van der Waals surface area contributed by atoms with Crippen molar-refractivity contribution in [3.05, 3.63) is 114 Å². The fourth-order valence-electron chi connectivity index (χ4n) is 5.84. The van der Waals surface area contributed by atoms with Gasteiger partial charge in [0.05, 0.1) is 22.6 Å². The van der Waals surface area contributed by atoms with E-state index < -0.39 is 5.92 Å². The molecule has 1 aliphatic carbocycles. The molecule has 1 aliphatic heterocycles. The number of Topliss-reactive ketones (excluding diaryl/α,β-unsaturated/α-hetero) is 1. The molecule has 5 nitrogen and oxygen atoms in total. The van der Waals surface area contributed by atoms with Crippen LogP contribution < -0.4 is 15.4 Å². The van der Waals surface area contributed by atoms with Crippen LogP contribution in [0, 0.1) is 34.2 Å². The highest BCUT2D eigenvalue weighted by atomic mass is 127. The summed E-state index contributed by atoms with van der Waals surface area (Å²) < 4.78 is 7.19. The summed E-state index contributed by atoms with van der Waals surface area (Å²) in [5, 5.41) is 11.0. The fraction of sp³-hybridized carbons (Fsp3) is 0.273. The van der Waals surface area contributed by atoms with Gasteiger partial charge < -0.3 is 10.5 Å². The summed E-state index contributed by atoms with van der Waals surface area (Å²) in [5.41, 5.74) is 13.2. The van der Waals surface area contributed by atoms with Gasteiger partial charge in [-0.15, -0.1) is 0 Å². The minimum Gasteiger partial charge on any atom is -0.487 e. The van der Waals surface area contributed by atoms with Gasteiger partial charge >= 0.3 is 0 Å². The van der Waals surface area contributed by atoms with E-state index in [9.17, 15) is 10.1 Å². The first-order chi connectivity index (χ1) is 19.0. The van der Waals surface area contributed by atoms with Crippen molar-refractivity contribution in [3.8, 4) is 11.8 Å². The number of halogens is 2. The van der Waals surface area contributed by atoms with E-state index in [1.165, 1.54) is 0 Å². The van der Waals surface area contributed by atoms with Crippen molar-refractivity contribution in [2.45, 2.75) is 53.1 Å². The number of rotatable bonds is 5. The van der Waals surface area contributed by atoms with Gasteiger partial charge in [0, 0.05) is 26.9 Å². The van der Waals surface area contributed by atoms with Crippen molar-refractivity contribution in [1.29, 1.82) is 5.26 Å².